The maximum Gasteiger partial charge on any atom is 0.342 e. The van der Waals surface area contributed by atoms with Gasteiger partial charge in [0.1, 0.15) is 11.1 Å². The van der Waals surface area contributed by atoms with Gasteiger partial charge in [0.2, 0.25) is 5.78 Å². The summed E-state index contributed by atoms with van der Waals surface area (Å²) in [7, 11) is 0. The van der Waals surface area contributed by atoms with E-state index in [1.165, 1.54) is 12.2 Å². The minimum absolute atomic E-state index is 0.188. The van der Waals surface area contributed by atoms with E-state index < -0.39 is 17.7 Å². The highest BCUT2D eigenvalue weighted by atomic mass is 16.5. The van der Waals surface area contributed by atoms with Crippen molar-refractivity contribution >= 4 is 41.2 Å². The van der Waals surface area contributed by atoms with Crippen LogP contribution in [0.1, 0.15) is 78.4 Å². The van der Waals surface area contributed by atoms with Crippen LogP contribution in [0.4, 0.5) is 11.4 Å². The third kappa shape index (κ3) is 10.2. The van der Waals surface area contributed by atoms with Gasteiger partial charge in [-0.05, 0) is 88.1 Å². The van der Waals surface area contributed by atoms with Gasteiger partial charge >= 0.3 is 11.9 Å². The van der Waals surface area contributed by atoms with E-state index in [-0.39, 0.29) is 24.4 Å². The van der Waals surface area contributed by atoms with Gasteiger partial charge in [-0.25, -0.2) is 9.59 Å². The molecule has 0 N–H and O–H groups in total. The van der Waals surface area contributed by atoms with E-state index >= 15 is 0 Å². The van der Waals surface area contributed by atoms with Crippen LogP contribution in [0.15, 0.2) is 59.7 Å². The lowest BCUT2D eigenvalue weighted by Crippen LogP contribution is -2.23. The lowest BCUT2D eigenvalue weighted by atomic mass is 9.98. The smallest absolute Gasteiger partial charge is 0.342 e. The molecule has 0 saturated heterocycles. The van der Waals surface area contributed by atoms with Crippen LogP contribution in [0.3, 0.4) is 0 Å². The summed E-state index contributed by atoms with van der Waals surface area (Å²) < 4.78 is 10.9. The molecule has 2 rings (SSSR count). The first kappa shape index (κ1) is 34.3. The number of ketones is 1. The molecule has 0 heterocycles. The first-order valence-corrected chi connectivity index (χ1v) is 15.4. The lowest BCUT2D eigenvalue weighted by molar-refractivity contribution is -0.141. The van der Waals surface area contributed by atoms with Crippen molar-refractivity contribution in [3.05, 3.63) is 70.8 Å². The molecule has 0 amide bonds. The Bertz CT molecular complexity index is 1100. The highest BCUT2D eigenvalue weighted by Gasteiger charge is 2.29. The maximum atomic E-state index is 14.0. The highest BCUT2D eigenvalue weighted by molar-refractivity contribution is 6.35. The molecule has 7 heteroatoms. The predicted molar refractivity (Wildman–Crippen MR) is 173 cm³/mol. The molecular weight excluding hydrogens is 528 g/mol. The van der Waals surface area contributed by atoms with E-state index in [1.807, 2.05) is 62.4 Å². The summed E-state index contributed by atoms with van der Waals surface area (Å²) in [5, 5.41) is 0. The van der Waals surface area contributed by atoms with E-state index in [1.54, 1.807) is 0 Å². The van der Waals surface area contributed by atoms with Crippen LogP contribution in [-0.2, 0) is 23.9 Å². The Morgan fingerprint density at radius 3 is 1.19 bits per heavy atom. The molecule has 0 aliphatic heterocycles. The van der Waals surface area contributed by atoms with E-state index in [0.29, 0.717) is 24.0 Å². The van der Waals surface area contributed by atoms with Crippen molar-refractivity contribution in [3.63, 3.8) is 0 Å². The van der Waals surface area contributed by atoms with Gasteiger partial charge in [0.05, 0.1) is 13.2 Å². The molecule has 0 bridgehead atoms. The topological polar surface area (TPSA) is 76.2 Å². The Kier molecular flexibility index (Phi) is 15.2. The number of anilines is 2. The monoisotopic (exact) mass is 576 g/mol. The zero-order chi connectivity index (χ0) is 30.9. The Labute approximate surface area is 252 Å². The summed E-state index contributed by atoms with van der Waals surface area (Å²) in [5.74, 6) is -2.24. The number of carbonyl (C=O) groups is 3. The van der Waals surface area contributed by atoms with Crippen molar-refractivity contribution in [2.24, 2.45) is 0 Å². The van der Waals surface area contributed by atoms with Crippen LogP contribution in [0.25, 0.3) is 12.2 Å². The molecule has 0 spiro atoms. The van der Waals surface area contributed by atoms with Gasteiger partial charge < -0.3 is 19.3 Å². The average Bonchev–Trinajstić information content (AvgIpc) is 3.01. The van der Waals surface area contributed by atoms with Gasteiger partial charge in [0.25, 0.3) is 0 Å². The van der Waals surface area contributed by atoms with Crippen molar-refractivity contribution in [1.82, 2.24) is 0 Å². The third-order valence-electron chi connectivity index (χ3n) is 7.06. The number of nitrogens with zero attached hydrogens (tertiary/aromatic N) is 2. The number of ether oxygens (including phenoxy) is 2. The molecular formula is C35H48N2O5. The first-order valence-electron chi connectivity index (χ1n) is 15.4. The van der Waals surface area contributed by atoms with Gasteiger partial charge in [-0.1, -0.05) is 51.0 Å². The standard InChI is InChI=1S/C35H48N2O5/c1-7-13-23-41-34(39)31(25-27-15-19-29(20-16-27)36(9-3)10-4)33(38)32(35(40)42-24-14-8-2)26-28-17-21-30(22-18-28)37(11-5)12-6/h15-22,25-26H,7-14,23-24H2,1-6H3. The minimum atomic E-state index is -0.759. The Morgan fingerprint density at radius 1 is 0.571 bits per heavy atom. The van der Waals surface area contributed by atoms with Crippen molar-refractivity contribution in [2.45, 2.75) is 67.2 Å². The molecule has 0 radical (unpaired) electrons. The zero-order valence-electron chi connectivity index (χ0n) is 26.3. The van der Waals surface area contributed by atoms with Crippen LogP contribution in [-0.4, -0.2) is 57.1 Å². The Hall–Kier alpha value is -3.87. The normalized spacial score (nSPS) is 11.7. The van der Waals surface area contributed by atoms with Gasteiger partial charge in [-0.3, -0.25) is 4.79 Å². The number of carbonyl (C=O) groups excluding carboxylic acids is 3. The minimum Gasteiger partial charge on any atom is -0.462 e. The molecule has 2 aromatic rings. The van der Waals surface area contributed by atoms with E-state index in [0.717, 1.165) is 50.4 Å². The number of hydrogen-bond acceptors (Lipinski definition) is 7. The molecule has 0 aliphatic carbocycles. The highest BCUT2D eigenvalue weighted by Crippen LogP contribution is 2.22. The van der Waals surface area contributed by atoms with Crippen LogP contribution < -0.4 is 9.80 Å². The van der Waals surface area contributed by atoms with E-state index in [2.05, 4.69) is 37.5 Å². The number of Topliss-reactive ketones (excluding diaryl/α,β-unsaturated/α-hetero) is 1. The molecule has 228 valence electrons. The second-order valence-electron chi connectivity index (χ2n) is 9.95. The molecule has 0 unspecified atom stereocenters. The fourth-order valence-corrected chi connectivity index (χ4v) is 4.43. The molecule has 2 aromatic carbocycles. The summed E-state index contributed by atoms with van der Waals surface area (Å²) in [6, 6.07) is 15.2. The second-order valence-corrected chi connectivity index (χ2v) is 9.95. The number of esters is 2. The average molecular weight is 577 g/mol. The molecule has 0 atom stereocenters. The van der Waals surface area contributed by atoms with E-state index in [9.17, 15) is 14.4 Å². The summed E-state index contributed by atoms with van der Waals surface area (Å²) in [6.07, 6.45) is 6.02. The summed E-state index contributed by atoms with van der Waals surface area (Å²) in [4.78, 5) is 44.9. The van der Waals surface area contributed by atoms with Crippen molar-refractivity contribution in [1.29, 1.82) is 0 Å². The zero-order valence-corrected chi connectivity index (χ0v) is 26.3. The first-order chi connectivity index (χ1) is 20.3. The summed E-state index contributed by atoms with van der Waals surface area (Å²) in [6.45, 7) is 16.2. The van der Waals surface area contributed by atoms with Crippen LogP contribution in [0.5, 0.6) is 0 Å². The molecule has 0 aromatic heterocycles. The largest absolute Gasteiger partial charge is 0.462 e. The van der Waals surface area contributed by atoms with Gasteiger partial charge in [0.15, 0.2) is 0 Å². The third-order valence-corrected chi connectivity index (χ3v) is 7.06. The van der Waals surface area contributed by atoms with Crippen LogP contribution in [0.2, 0.25) is 0 Å². The molecule has 0 aliphatic rings. The number of hydrogen-bond donors (Lipinski definition) is 0. The summed E-state index contributed by atoms with van der Waals surface area (Å²) >= 11 is 0. The fraction of sp³-hybridized carbons (Fsp3) is 0.457. The molecule has 0 fully saturated rings. The maximum absolute atomic E-state index is 14.0. The number of unbranched alkanes of at least 4 members (excludes halogenated alkanes) is 2. The van der Waals surface area contributed by atoms with E-state index in [4.69, 9.17) is 9.47 Å². The molecule has 0 saturated carbocycles. The SMILES string of the molecule is CCCCOC(=O)C(=Cc1ccc(N(CC)CC)cc1)C(=O)C(=Cc1ccc(N(CC)CC)cc1)C(=O)OCCCC. The Morgan fingerprint density at radius 2 is 0.905 bits per heavy atom. The summed E-state index contributed by atoms with van der Waals surface area (Å²) in [5.41, 5.74) is 2.99. The van der Waals surface area contributed by atoms with Crippen LogP contribution in [0, 0.1) is 0 Å². The van der Waals surface area contributed by atoms with Gasteiger partial charge in [-0.15, -0.1) is 0 Å². The van der Waals surface area contributed by atoms with Crippen molar-refractivity contribution < 1.29 is 23.9 Å². The van der Waals surface area contributed by atoms with Crippen molar-refractivity contribution in [3.8, 4) is 0 Å². The number of rotatable bonds is 18. The van der Waals surface area contributed by atoms with Crippen molar-refractivity contribution in [2.75, 3.05) is 49.2 Å². The second kappa shape index (κ2) is 18.5. The van der Waals surface area contributed by atoms with Gasteiger partial charge in [-0.2, -0.15) is 0 Å². The van der Waals surface area contributed by atoms with Crippen LogP contribution >= 0.6 is 0 Å². The Balaban J connectivity index is 2.56. The van der Waals surface area contributed by atoms with Gasteiger partial charge in [0, 0.05) is 37.6 Å². The molecule has 7 nitrogen and oxygen atoms in total. The predicted octanol–water partition coefficient (Wildman–Crippen LogP) is 7.10. The fourth-order valence-electron chi connectivity index (χ4n) is 4.43. The molecule has 42 heavy (non-hydrogen) atoms. The lowest BCUT2D eigenvalue weighted by Gasteiger charge is -2.21. The number of benzene rings is 2. The quantitative estimate of drug-likeness (QED) is 0.0616.